The maximum Gasteiger partial charge on any atom is 0.415 e. The maximum atomic E-state index is 12.4. The lowest BCUT2D eigenvalue weighted by Gasteiger charge is -2.26. The van der Waals surface area contributed by atoms with E-state index in [0.717, 1.165) is 0 Å². The molecule has 9 heteroatoms. The van der Waals surface area contributed by atoms with Crippen molar-refractivity contribution in [1.29, 1.82) is 0 Å². The van der Waals surface area contributed by atoms with E-state index in [0.29, 0.717) is 6.92 Å². The van der Waals surface area contributed by atoms with Gasteiger partial charge >= 0.3 is 12.2 Å². The van der Waals surface area contributed by atoms with E-state index in [1.165, 1.54) is 19.0 Å². The molecule has 4 N–H and O–H groups in total. The van der Waals surface area contributed by atoms with Gasteiger partial charge in [0.1, 0.15) is 0 Å². The van der Waals surface area contributed by atoms with Crippen molar-refractivity contribution in [3.05, 3.63) is 0 Å². The lowest BCUT2D eigenvalue weighted by Crippen LogP contribution is -2.61. The molecule has 0 saturated heterocycles. The van der Waals surface area contributed by atoms with Crippen LogP contribution in [0.2, 0.25) is 0 Å². The lowest BCUT2D eigenvalue weighted by molar-refractivity contribution is -0.187. The van der Waals surface area contributed by atoms with Crippen molar-refractivity contribution in [2.75, 3.05) is 27.2 Å². The summed E-state index contributed by atoms with van der Waals surface area (Å²) in [6.45, 7) is 0.457. The van der Waals surface area contributed by atoms with E-state index in [2.05, 4.69) is 5.32 Å². The molecule has 18 heavy (non-hydrogen) atoms. The third-order valence-electron chi connectivity index (χ3n) is 2.15. The molecule has 0 heterocycles. The number of rotatable bonds is 4. The number of nitrogens with zero attached hydrogens (tertiary/aromatic N) is 1. The maximum absolute atomic E-state index is 12.4. The quantitative estimate of drug-likeness (QED) is 0.610. The number of nitrogens with one attached hydrogen (secondary N) is 2. The van der Waals surface area contributed by atoms with E-state index in [4.69, 9.17) is 5.73 Å². The number of alkyl halides is 3. The number of carbonyl (C=O) groups is 2. The van der Waals surface area contributed by atoms with Crippen LogP contribution in [0.3, 0.4) is 0 Å². The molecule has 0 rings (SSSR count). The highest BCUT2D eigenvalue weighted by Crippen LogP contribution is 2.27. The Morgan fingerprint density at radius 1 is 1.17 bits per heavy atom. The van der Waals surface area contributed by atoms with Crippen LogP contribution in [0.25, 0.3) is 0 Å². The first-order valence-corrected chi connectivity index (χ1v) is 5.09. The third kappa shape index (κ3) is 4.40. The topological polar surface area (TPSA) is 87.5 Å². The molecule has 1 unspecified atom stereocenters. The number of hydrogen-bond acceptors (Lipinski definition) is 3. The van der Waals surface area contributed by atoms with Crippen LogP contribution in [0.5, 0.6) is 0 Å². The number of urea groups is 1. The van der Waals surface area contributed by atoms with Gasteiger partial charge < -0.3 is 21.3 Å². The first-order chi connectivity index (χ1) is 8.00. The molecule has 0 radical (unpaired) electrons. The average molecular weight is 270 g/mol. The summed E-state index contributed by atoms with van der Waals surface area (Å²) in [7, 11) is 3.02. The monoisotopic (exact) mass is 270 g/mol. The Labute approximate surface area is 103 Å². The molecule has 0 aromatic rings. The molecule has 0 aromatic heterocycles. The van der Waals surface area contributed by atoms with Crippen molar-refractivity contribution in [1.82, 2.24) is 15.5 Å². The predicted molar refractivity (Wildman–Crippen MR) is 58.7 cm³/mol. The third-order valence-corrected chi connectivity index (χ3v) is 2.15. The van der Waals surface area contributed by atoms with Crippen molar-refractivity contribution >= 4 is 11.9 Å². The van der Waals surface area contributed by atoms with E-state index < -0.39 is 23.7 Å². The van der Waals surface area contributed by atoms with Gasteiger partial charge in [0.2, 0.25) is 5.91 Å². The summed E-state index contributed by atoms with van der Waals surface area (Å²) in [4.78, 5) is 23.5. The van der Waals surface area contributed by atoms with Gasteiger partial charge in [0.05, 0.1) is 0 Å². The fourth-order valence-corrected chi connectivity index (χ4v) is 0.816. The fraction of sp³-hybridized carbons (Fsp3) is 0.778. The second-order valence-electron chi connectivity index (χ2n) is 4.08. The van der Waals surface area contributed by atoms with E-state index in [9.17, 15) is 22.8 Å². The molecule has 0 bridgehead atoms. The van der Waals surface area contributed by atoms with E-state index in [-0.39, 0.29) is 13.1 Å². The van der Waals surface area contributed by atoms with Crippen molar-refractivity contribution < 1.29 is 22.8 Å². The molecule has 1 atom stereocenters. The van der Waals surface area contributed by atoms with Crippen LogP contribution >= 0.6 is 0 Å². The van der Waals surface area contributed by atoms with Gasteiger partial charge in [0, 0.05) is 27.2 Å². The standard InChI is InChI=1S/C9H17F3N4O2/c1-8(13,9(10,11)12)6(17)14-4-5-15-7(18)16(2)3/h4-5,13H2,1-3H3,(H,14,17)(H,15,18). The summed E-state index contributed by atoms with van der Waals surface area (Å²) in [6.07, 6.45) is -4.83. The molecule has 0 saturated carbocycles. The summed E-state index contributed by atoms with van der Waals surface area (Å²) in [5.74, 6) is -1.34. The minimum Gasteiger partial charge on any atom is -0.352 e. The molecule has 106 valence electrons. The summed E-state index contributed by atoms with van der Waals surface area (Å²) in [5.41, 5.74) is 1.95. The molecule has 0 aliphatic carbocycles. The largest absolute Gasteiger partial charge is 0.415 e. The molecule has 0 spiro atoms. The van der Waals surface area contributed by atoms with Gasteiger partial charge in [-0.25, -0.2) is 4.79 Å². The predicted octanol–water partition coefficient (Wildman–Crippen LogP) is -0.346. The molecular weight excluding hydrogens is 253 g/mol. The summed E-state index contributed by atoms with van der Waals surface area (Å²) in [6, 6.07) is -0.407. The Hall–Kier alpha value is -1.51. The number of amides is 3. The van der Waals surface area contributed by atoms with Gasteiger partial charge in [-0.15, -0.1) is 0 Å². The fourth-order valence-electron chi connectivity index (χ4n) is 0.816. The van der Waals surface area contributed by atoms with E-state index in [1.54, 1.807) is 0 Å². The smallest absolute Gasteiger partial charge is 0.352 e. The number of halogens is 3. The van der Waals surface area contributed by atoms with Gasteiger partial charge in [-0.2, -0.15) is 13.2 Å². The second kappa shape index (κ2) is 5.89. The highest BCUT2D eigenvalue weighted by molar-refractivity contribution is 5.86. The summed E-state index contributed by atoms with van der Waals surface area (Å²) in [5, 5.41) is 4.38. The van der Waals surface area contributed by atoms with Crippen LogP contribution in [-0.2, 0) is 4.79 Å². The van der Waals surface area contributed by atoms with E-state index >= 15 is 0 Å². The molecule has 3 amide bonds. The Balaban J connectivity index is 4.10. The van der Waals surface area contributed by atoms with Gasteiger partial charge in [-0.1, -0.05) is 0 Å². The van der Waals surface area contributed by atoms with Crippen LogP contribution in [-0.4, -0.2) is 55.7 Å². The Morgan fingerprint density at radius 2 is 1.61 bits per heavy atom. The SMILES string of the molecule is CN(C)C(=O)NCCNC(=O)C(C)(N)C(F)(F)F. The number of nitrogens with two attached hydrogens (primary N) is 1. The Bertz CT molecular complexity index is 315. The molecule has 0 aliphatic heterocycles. The lowest BCUT2D eigenvalue weighted by atomic mass is 10.0. The molecule has 0 aliphatic rings. The molecule has 0 aromatic carbocycles. The van der Waals surface area contributed by atoms with Crippen molar-refractivity contribution in [3.8, 4) is 0 Å². The number of hydrogen-bond donors (Lipinski definition) is 3. The van der Waals surface area contributed by atoms with Crippen molar-refractivity contribution in [3.63, 3.8) is 0 Å². The van der Waals surface area contributed by atoms with Crippen LogP contribution < -0.4 is 16.4 Å². The molecule has 6 nitrogen and oxygen atoms in total. The molecular formula is C9H17F3N4O2. The summed E-state index contributed by atoms with van der Waals surface area (Å²) < 4.78 is 37.1. The van der Waals surface area contributed by atoms with Crippen molar-refractivity contribution in [2.45, 2.75) is 18.6 Å². The average Bonchev–Trinajstić information content (AvgIpc) is 2.21. The normalized spacial score (nSPS) is 14.6. The van der Waals surface area contributed by atoms with Gasteiger partial charge in [0.25, 0.3) is 0 Å². The minimum absolute atomic E-state index is 0.0106. The van der Waals surface area contributed by atoms with Crippen molar-refractivity contribution in [2.24, 2.45) is 5.73 Å². The zero-order valence-electron chi connectivity index (χ0n) is 10.4. The van der Waals surface area contributed by atoms with Gasteiger partial charge in [0.15, 0.2) is 5.54 Å². The molecule has 0 fully saturated rings. The van der Waals surface area contributed by atoms with E-state index in [1.807, 2.05) is 5.32 Å². The first kappa shape index (κ1) is 16.5. The second-order valence-corrected chi connectivity index (χ2v) is 4.08. The Kier molecular flexibility index (Phi) is 5.40. The highest BCUT2D eigenvalue weighted by Gasteiger charge is 2.53. The van der Waals surface area contributed by atoms with Crippen LogP contribution in [0.15, 0.2) is 0 Å². The number of carbonyl (C=O) groups excluding carboxylic acids is 2. The van der Waals surface area contributed by atoms with Crippen LogP contribution in [0, 0.1) is 0 Å². The zero-order valence-corrected chi connectivity index (χ0v) is 10.4. The first-order valence-electron chi connectivity index (χ1n) is 5.09. The summed E-state index contributed by atoms with van der Waals surface area (Å²) >= 11 is 0. The highest BCUT2D eigenvalue weighted by atomic mass is 19.4. The Morgan fingerprint density at radius 3 is 2.00 bits per heavy atom. The zero-order chi connectivity index (χ0) is 14.6. The van der Waals surface area contributed by atoms with Crippen LogP contribution in [0.4, 0.5) is 18.0 Å². The van der Waals surface area contributed by atoms with Crippen LogP contribution in [0.1, 0.15) is 6.92 Å². The minimum atomic E-state index is -4.83. The van der Waals surface area contributed by atoms with Gasteiger partial charge in [-0.3, -0.25) is 4.79 Å². The van der Waals surface area contributed by atoms with Gasteiger partial charge in [-0.05, 0) is 6.92 Å².